The van der Waals surface area contributed by atoms with Crippen LogP contribution in [0.4, 0.5) is 0 Å². The molecule has 65 heavy (non-hydrogen) atoms. The Labute approximate surface area is 381 Å². The molecular formula is C47H78O18. The molecule has 3 heterocycles. The third-order valence-electron chi connectivity index (χ3n) is 19.0. The largest absolute Gasteiger partial charge is 0.396 e. The van der Waals surface area contributed by atoms with Crippen LogP contribution in [-0.2, 0) is 28.4 Å². The topological polar surface area (TPSA) is 298 Å². The summed E-state index contributed by atoms with van der Waals surface area (Å²) in [6, 6.07) is 0. The summed E-state index contributed by atoms with van der Waals surface area (Å²) in [6.07, 6.45) is -15.6. The minimum atomic E-state index is -1.78. The van der Waals surface area contributed by atoms with Gasteiger partial charge in [0.2, 0.25) is 0 Å². The van der Waals surface area contributed by atoms with Crippen molar-refractivity contribution in [2.45, 2.75) is 204 Å². The first-order chi connectivity index (χ1) is 30.3. The number of aliphatic hydroxyl groups excluding tert-OH is 12. The Hall–Kier alpha value is -0.980. The molecule has 0 spiro atoms. The molecule has 12 N–H and O–H groups in total. The quantitative estimate of drug-likeness (QED) is 0.0995. The molecule has 0 aromatic carbocycles. The second-order valence-electron chi connectivity index (χ2n) is 23.4. The van der Waals surface area contributed by atoms with E-state index in [1.165, 1.54) is 5.57 Å². The molecule has 0 amide bonds. The minimum Gasteiger partial charge on any atom is -0.396 e. The van der Waals surface area contributed by atoms with Crippen LogP contribution in [0.1, 0.15) is 99.8 Å². The molecule has 0 bridgehead atoms. The minimum absolute atomic E-state index is 0.142. The van der Waals surface area contributed by atoms with Gasteiger partial charge in [-0.3, -0.25) is 0 Å². The maximum absolute atomic E-state index is 12.1. The molecule has 24 unspecified atom stereocenters. The van der Waals surface area contributed by atoms with Gasteiger partial charge in [-0.15, -0.1) is 0 Å². The van der Waals surface area contributed by atoms with E-state index in [0.29, 0.717) is 19.3 Å². The van der Waals surface area contributed by atoms with E-state index in [1.54, 1.807) is 0 Å². The molecule has 3 aliphatic heterocycles. The van der Waals surface area contributed by atoms with Crippen LogP contribution in [0.5, 0.6) is 0 Å². The maximum Gasteiger partial charge on any atom is 0.186 e. The van der Waals surface area contributed by atoms with Gasteiger partial charge in [-0.25, -0.2) is 0 Å². The lowest BCUT2D eigenvalue weighted by atomic mass is 9.33. The van der Waals surface area contributed by atoms with Crippen molar-refractivity contribution in [2.75, 3.05) is 26.4 Å². The standard InChI is InChI=1S/C47H78O18/c1-42(2)14-22-21-8-9-27-44(5)12-11-30(43(3,4)26(44)10-13-45(27,6)46(21,7)16-29(51)47(22,20-48)28(50)15-42)65-41-38(59)35(56)33(54)25(64-41)19-62-40-37(58)34(55)32(53)24(63-40)18-61-39-36(57)31(52)23(49)17-60-39/h8,22-41,48-59H,9-20H2,1-7H3. The summed E-state index contributed by atoms with van der Waals surface area (Å²) in [5.74, 6) is 0.288. The van der Waals surface area contributed by atoms with Gasteiger partial charge in [-0.2, -0.15) is 0 Å². The zero-order valence-electron chi connectivity index (χ0n) is 38.9. The molecule has 5 aliphatic carbocycles. The van der Waals surface area contributed by atoms with Gasteiger partial charge in [-0.1, -0.05) is 60.1 Å². The molecule has 8 aliphatic rings. The van der Waals surface area contributed by atoms with Crippen molar-refractivity contribution in [3.05, 3.63) is 11.6 Å². The van der Waals surface area contributed by atoms with Gasteiger partial charge >= 0.3 is 0 Å². The molecule has 3 saturated heterocycles. The fraction of sp³-hybridized carbons (Fsp3) is 0.957. The first-order valence-electron chi connectivity index (χ1n) is 23.9. The molecule has 374 valence electrons. The molecule has 18 heteroatoms. The molecule has 8 rings (SSSR count). The van der Waals surface area contributed by atoms with Crippen molar-refractivity contribution < 1.29 is 89.7 Å². The van der Waals surface area contributed by atoms with Gasteiger partial charge in [0.1, 0.15) is 67.1 Å². The summed E-state index contributed by atoms with van der Waals surface area (Å²) in [5.41, 5.74) is -1.00. The van der Waals surface area contributed by atoms with Crippen molar-refractivity contribution >= 4 is 0 Å². The summed E-state index contributed by atoms with van der Waals surface area (Å²) < 4.78 is 35.0. The van der Waals surface area contributed by atoms with Gasteiger partial charge in [0, 0.05) is 0 Å². The van der Waals surface area contributed by atoms with Crippen LogP contribution < -0.4 is 0 Å². The van der Waals surface area contributed by atoms with Gasteiger partial charge in [0.15, 0.2) is 18.9 Å². The summed E-state index contributed by atoms with van der Waals surface area (Å²) >= 11 is 0. The van der Waals surface area contributed by atoms with E-state index in [-0.39, 0.29) is 52.6 Å². The van der Waals surface area contributed by atoms with Crippen LogP contribution in [0.2, 0.25) is 0 Å². The summed E-state index contributed by atoms with van der Waals surface area (Å²) in [4.78, 5) is 0. The molecular weight excluding hydrogens is 852 g/mol. The Bertz CT molecular complexity index is 1730. The van der Waals surface area contributed by atoms with Gasteiger partial charge in [0.05, 0.1) is 50.2 Å². The van der Waals surface area contributed by atoms with E-state index in [4.69, 9.17) is 28.4 Å². The van der Waals surface area contributed by atoms with Crippen molar-refractivity contribution in [1.82, 2.24) is 0 Å². The zero-order valence-corrected chi connectivity index (χ0v) is 38.9. The van der Waals surface area contributed by atoms with E-state index in [9.17, 15) is 61.3 Å². The van der Waals surface area contributed by atoms with Crippen molar-refractivity contribution in [2.24, 2.45) is 50.2 Å². The number of hydrogen-bond acceptors (Lipinski definition) is 18. The first kappa shape index (κ1) is 50.4. The Morgan fingerprint density at radius 2 is 1.18 bits per heavy atom. The third-order valence-corrected chi connectivity index (χ3v) is 19.0. The second kappa shape index (κ2) is 17.7. The number of hydrogen-bond donors (Lipinski definition) is 12. The predicted molar refractivity (Wildman–Crippen MR) is 227 cm³/mol. The highest BCUT2D eigenvalue weighted by atomic mass is 16.7. The zero-order chi connectivity index (χ0) is 47.6. The fourth-order valence-electron chi connectivity index (χ4n) is 15.0. The van der Waals surface area contributed by atoms with E-state index in [1.807, 2.05) is 0 Å². The third kappa shape index (κ3) is 7.93. The van der Waals surface area contributed by atoms with Crippen molar-refractivity contribution in [3.63, 3.8) is 0 Å². The monoisotopic (exact) mass is 931 g/mol. The van der Waals surface area contributed by atoms with Crippen molar-refractivity contribution in [1.29, 1.82) is 0 Å². The lowest BCUT2D eigenvalue weighted by Crippen LogP contribution is -2.69. The number of fused-ring (bicyclic) bond motifs is 7. The molecule has 0 radical (unpaired) electrons. The molecule has 0 aromatic rings. The lowest BCUT2D eigenvalue weighted by molar-refractivity contribution is -0.348. The predicted octanol–water partition coefficient (Wildman–Crippen LogP) is -0.805. The Balaban J connectivity index is 0.942. The fourth-order valence-corrected chi connectivity index (χ4v) is 15.0. The Morgan fingerprint density at radius 3 is 1.82 bits per heavy atom. The molecule has 4 saturated carbocycles. The van der Waals surface area contributed by atoms with Gasteiger partial charge < -0.3 is 89.7 Å². The van der Waals surface area contributed by atoms with Crippen LogP contribution in [0.15, 0.2) is 11.6 Å². The summed E-state index contributed by atoms with van der Waals surface area (Å²) in [6.45, 7) is 14.2. The number of allylic oxidation sites excluding steroid dienone is 2. The molecule has 18 nitrogen and oxygen atoms in total. The highest BCUT2D eigenvalue weighted by Gasteiger charge is 2.71. The van der Waals surface area contributed by atoms with Crippen LogP contribution in [0.3, 0.4) is 0 Å². The molecule has 24 atom stereocenters. The normalized spacial score (nSPS) is 55.2. The van der Waals surface area contributed by atoms with Crippen LogP contribution in [-0.4, -0.2) is 192 Å². The highest BCUT2D eigenvalue weighted by Crippen LogP contribution is 2.76. The van der Waals surface area contributed by atoms with Gasteiger partial charge in [-0.05, 0) is 96.2 Å². The van der Waals surface area contributed by atoms with E-state index in [2.05, 4.69) is 54.5 Å². The van der Waals surface area contributed by atoms with Crippen molar-refractivity contribution in [3.8, 4) is 0 Å². The van der Waals surface area contributed by atoms with Crippen LogP contribution in [0.25, 0.3) is 0 Å². The molecule has 0 aromatic heterocycles. The van der Waals surface area contributed by atoms with E-state index < -0.39 is 128 Å². The van der Waals surface area contributed by atoms with Crippen LogP contribution in [0, 0.1) is 50.2 Å². The maximum atomic E-state index is 12.1. The van der Waals surface area contributed by atoms with E-state index in [0.717, 1.165) is 32.1 Å². The average Bonchev–Trinajstić information content (AvgIpc) is 3.23. The number of ether oxygens (including phenoxy) is 6. The first-order valence-corrected chi connectivity index (χ1v) is 23.9. The van der Waals surface area contributed by atoms with E-state index >= 15 is 0 Å². The Kier molecular flexibility index (Phi) is 13.7. The SMILES string of the molecule is CC1(C)CC(O)C2(CO)C(O)CC3(C)C(=CCC4C5(C)CCC(OC6OC(COC7OC(COC8OCC(O)C(O)C8O)C(O)C(O)C7O)C(O)C(O)C6O)C(C)(C)C5CCC43C)C2C1. The molecule has 7 fully saturated rings. The smallest absolute Gasteiger partial charge is 0.186 e. The number of aliphatic hydroxyl groups is 12. The highest BCUT2D eigenvalue weighted by molar-refractivity contribution is 5.36. The number of rotatable bonds is 9. The summed E-state index contributed by atoms with van der Waals surface area (Å²) in [5, 5.41) is 130. The average molecular weight is 931 g/mol. The van der Waals surface area contributed by atoms with Crippen LogP contribution >= 0.6 is 0 Å². The second-order valence-corrected chi connectivity index (χ2v) is 23.4. The Morgan fingerprint density at radius 1 is 0.615 bits per heavy atom. The lowest BCUT2D eigenvalue weighted by Gasteiger charge is -2.72. The summed E-state index contributed by atoms with van der Waals surface area (Å²) in [7, 11) is 0. The van der Waals surface area contributed by atoms with Gasteiger partial charge in [0.25, 0.3) is 0 Å².